The molecule has 1 heterocycles. The molecule has 0 spiro atoms. The molecule has 0 saturated heterocycles. The maximum Gasteiger partial charge on any atom is 0.271 e. The molecule has 0 aliphatic carbocycles. The molecule has 0 saturated carbocycles. The highest BCUT2D eigenvalue weighted by Crippen LogP contribution is 2.16. The van der Waals surface area contributed by atoms with Gasteiger partial charge in [0, 0.05) is 6.54 Å². The number of rotatable bonds is 4. The number of hydrogen-bond donors (Lipinski definition) is 1. The average Bonchev–Trinajstić information content (AvgIpc) is 2.43. The summed E-state index contributed by atoms with van der Waals surface area (Å²) in [5.41, 5.74) is 0.602. The van der Waals surface area contributed by atoms with Gasteiger partial charge in [-0.25, -0.2) is 9.37 Å². The molecule has 0 radical (unpaired) electrons. The van der Waals surface area contributed by atoms with Gasteiger partial charge in [0.25, 0.3) is 5.91 Å². The van der Waals surface area contributed by atoms with E-state index in [4.69, 9.17) is 23.2 Å². The minimum absolute atomic E-state index is 0.0627. The SMILES string of the molecule is O=C(NCCc1ccccc1F)c1nc(Cl)ccc1Cl. The third-order valence-electron chi connectivity index (χ3n) is 2.66. The number of carbonyl (C=O) groups excluding carboxylic acids is 1. The van der Waals surface area contributed by atoms with Gasteiger partial charge in [-0.1, -0.05) is 41.4 Å². The maximum atomic E-state index is 13.4. The number of nitrogens with one attached hydrogen (secondary N) is 1. The quantitative estimate of drug-likeness (QED) is 0.878. The van der Waals surface area contributed by atoms with Crippen LogP contribution in [0.5, 0.6) is 0 Å². The van der Waals surface area contributed by atoms with E-state index in [1.165, 1.54) is 18.2 Å². The molecule has 1 amide bonds. The van der Waals surface area contributed by atoms with Crippen LogP contribution in [0.2, 0.25) is 10.2 Å². The van der Waals surface area contributed by atoms with E-state index >= 15 is 0 Å². The van der Waals surface area contributed by atoms with Gasteiger partial charge in [-0.2, -0.15) is 0 Å². The minimum Gasteiger partial charge on any atom is -0.350 e. The lowest BCUT2D eigenvalue weighted by atomic mass is 10.1. The lowest BCUT2D eigenvalue weighted by Gasteiger charge is -2.07. The molecule has 20 heavy (non-hydrogen) atoms. The molecule has 104 valence electrons. The van der Waals surface area contributed by atoms with E-state index in [0.717, 1.165) is 0 Å². The summed E-state index contributed by atoms with van der Waals surface area (Å²) < 4.78 is 13.4. The van der Waals surface area contributed by atoms with Crippen molar-refractivity contribution in [1.82, 2.24) is 10.3 Å². The van der Waals surface area contributed by atoms with Crippen molar-refractivity contribution >= 4 is 29.1 Å². The Labute approximate surface area is 125 Å². The molecular formula is C14H11Cl2FN2O. The zero-order chi connectivity index (χ0) is 14.5. The summed E-state index contributed by atoms with van der Waals surface area (Å²) in [6, 6.07) is 9.42. The first-order chi connectivity index (χ1) is 9.58. The molecule has 2 rings (SSSR count). The van der Waals surface area contributed by atoms with Crippen LogP contribution in [0, 0.1) is 5.82 Å². The Hall–Kier alpha value is -1.65. The summed E-state index contributed by atoms with van der Waals surface area (Å²) in [6.07, 6.45) is 0.386. The highest BCUT2D eigenvalue weighted by atomic mass is 35.5. The predicted molar refractivity (Wildman–Crippen MR) is 76.7 cm³/mol. The molecule has 2 aromatic rings. The van der Waals surface area contributed by atoms with E-state index in [2.05, 4.69) is 10.3 Å². The summed E-state index contributed by atoms with van der Waals surface area (Å²) in [5, 5.41) is 3.04. The summed E-state index contributed by atoms with van der Waals surface area (Å²) in [4.78, 5) is 15.7. The highest BCUT2D eigenvalue weighted by molar-refractivity contribution is 6.34. The van der Waals surface area contributed by atoms with Gasteiger partial charge in [0.05, 0.1) is 5.02 Å². The molecular weight excluding hydrogens is 302 g/mol. The molecule has 0 bridgehead atoms. The van der Waals surface area contributed by atoms with E-state index in [9.17, 15) is 9.18 Å². The van der Waals surface area contributed by atoms with E-state index in [1.807, 2.05) is 0 Å². The van der Waals surface area contributed by atoms with Gasteiger partial charge in [-0.05, 0) is 30.2 Å². The van der Waals surface area contributed by atoms with Gasteiger partial charge in [0.2, 0.25) is 0 Å². The van der Waals surface area contributed by atoms with Gasteiger partial charge < -0.3 is 5.32 Å². The lowest BCUT2D eigenvalue weighted by Crippen LogP contribution is -2.27. The molecule has 6 heteroatoms. The van der Waals surface area contributed by atoms with E-state index in [-0.39, 0.29) is 28.2 Å². The molecule has 0 atom stereocenters. The number of halogens is 3. The summed E-state index contributed by atoms with van der Waals surface area (Å²) in [6.45, 7) is 0.282. The Morgan fingerprint density at radius 1 is 1.20 bits per heavy atom. The van der Waals surface area contributed by atoms with Crippen molar-refractivity contribution in [1.29, 1.82) is 0 Å². The lowest BCUT2D eigenvalue weighted by molar-refractivity contribution is 0.0949. The fourth-order valence-electron chi connectivity index (χ4n) is 1.67. The summed E-state index contributed by atoms with van der Waals surface area (Å²) in [7, 11) is 0. The molecule has 3 nitrogen and oxygen atoms in total. The van der Waals surface area contributed by atoms with Crippen molar-refractivity contribution in [3.8, 4) is 0 Å². The molecule has 0 aliphatic heterocycles. The molecule has 1 aromatic carbocycles. The Balaban J connectivity index is 1.96. The van der Waals surface area contributed by atoms with Crippen LogP contribution in [0.25, 0.3) is 0 Å². The number of aromatic nitrogens is 1. The van der Waals surface area contributed by atoms with Crippen LogP contribution in [0.3, 0.4) is 0 Å². The van der Waals surface area contributed by atoms with E-state index in [1.54, 1.807) is 18.2 Å². The van der Waals surface area contributed by atoms with Crippen molar-refractivity contribution in [3.63, 3.8) is 0 Å². The Morgan fingerprint density at radius 3 is 2.70 bits per heavy atom. The summed E-state index contributed by atoms with van der Waals surface area (Å²) >= 11 is 11.6. The van der Waals surface area contributed by atoms with Crippen LogP contribution >= 0.6 is 23.2 Å². The largest absolute Gasteiger partial charge is 0.350 e. The molecule has 0 unspecified atom stereocenters. The smallest absolute Gasteiger partial charge is 0.271 e. The third kappa shape index (κ3) is 3.68. The van der Waals surface area contributed by atoms with Crippen molar-refractivity contribution in [2.45, 2.75) is 6.42 Å². The Kier molecular flexibility index (Phi) is 4.93. The molecule has 0 aliphatic rings. The van der Waals surface area contributed by atoms with Crippen molar-refractivity contribution in [2.75, 3.05) is 6.54 Å². The Morgan fingerprint density at radius 2 is 1.95 bits per heavy atom. The fraction of sp³-hybridized carbons (Fsp3) is 0.143. The number of benzene rings is 1. The normalized spacial score (nSPS) is 10.3. The van der Waals surface area contributed by atoms with Gasteiger partial charge in [-0.3, -0.25) is 4.79 Å². The summed E-state index contributed by atoms with van der Waals surface area (Å²) in [5.74, 6) is -0.727. The zero-order valence-corrected chi connectivity index (χ0v) is 11.9. The minimum atomic E-state index is -0.436. The van der Waals surface area contributed by atoms with Crippen LogP contribution in [-0.4, -0.2) is 17.4 Å². The third-order valence-corrected chi connectivity index (χ3v) is 3.18. The first-order valence-electron chi connectivity index (χ1n) is 5.91. The number of pyridine rings is 1. The predicted octanol–water partition coefficient (Wildman–Crippen LogP) is 3.50. The van der Waals surface area contributed by atoms with E-state index < -0.39 is 5.91 Å². The highest BCUT2D eigenvalue weighted by Gasteiger charge is 2.12. The number of carbonyl (C=O) groups is 1. The zero-order valence-electron chi connectivity index (χ0n) is 10.4. The Bertz CT molecular complexity index is 634. The standard InChI is InChI=1S/C14H11Cl2FN2O/c15-10-5-6-12(16)19-13(10)14(20)18-8-7-9-3-1-2-4-11(9)17/h1-6H,7-8H2,(H,18,20). The van der Waals surface area contributed by atoms with Crippen LogP contribution in [0.1, 0.15) is 16.1 Å². The number of amides is 1. The topological polar surface area (TPSA) is 42.0 Å². The van der Waals surface area contributed by atoms with Crippen molar-refractivity contribution < 1.29 is 9.18 Å². The van der Waals surface area contributed by atoms with Crippen LogP contribution in [-0.2, 0) is 6.42 Å². The molecule has 1 aromatic heterocycles. The van der Waals surface area contributed by atoms with Crippen LogP contribution in [0.4, 0.5) is 4.39 Å². The van der Waals surface area contributed by atoms with Gasteiger partial charge >= 0.3 is 0 Å². The van der Waals surface area contributed by atoms with Crippen LogP contribution < -0.4 is 5.32 Å². The maximum absolute atomic E-state index is 13.4. The second-order valence-electron chi connectivity index (χ2n) is 4.06. The average molecular weight is 313 g/mol. The van der Waals surface area contributed by atoms with Crippen molar-refractivity contribution in [2.24, 2.45) is 0 Å². The first kappa shape index (κ1) is 14.8. The van der Waals surface area contributed by atoms with Gasteiger partial charge in [0.1, 0.15) is 16.7 Å². The van der Waals surface area contributed by atoms with Gasteiger partial charge in [0.15, 0.2) is 0 Å². The van der Waals surface area contributed by atoms with Crippen LogP contribution in [0.15, 0.2) is 36.4 Å². The van der Waals surface area contributed by atoms with Gasteiger partial charge in [-0.15, -0.1) is 0 Å². The van der Waals surface area contributed by atoms with Crippen molar-refractivity contribution in [3.05, 3.63) is 63.6 Å². The number of hydrogen-bond acceptors (Lipinski definition) is 2. The van der Waals surface area contributed by atoms with E-state index in [0.29, 0.717) is 12.0 Å². The monoisotopic (exact) mass is 312 g/mol. The second-order valence-corrected chi connectivity index (χ2v) is 4.86. The fourth-order valence-corrected chi connectivity index (χ4v) is 2.01. The molecule has 0 fully saturated rings. The first-order valence-corrected chi connectivity index (χ1v) is 6.67. The number of nitrogens with zero attached hydrogens (tertiary/aromatic N) is 1. The second kappa shape index (κ2) is 6.68. The molecule has 1 N–H and O–H groups in total.